The highest BCUT2D eigenvalue weighted by Gasteiger charge is 2.44. The first-order chi connectivity index (χ1) is 19.9. The molecule has 4 aromatic rings. The van der Waals surface area contributed by atoms with E-state index in [4.69, 9.17) is 14.5 Å². The number of nitrogens with one attached hydrogen (secondary N) is 1. The van der Waals surface area contributed by atoms with Crippen molar-refractivity contribution in [1.82, 2.24) is 19.9 Å². The Morgan fingerprint density at radius 2 is 2.02 bits per heavy atom. The lowest BCUT2D eigenvalue weighted by molar-refractivity contribution is 0.0589. The minimum Gasteiger partial charge on any atom is -0.443 e. The number of benzene rings is 1. The Morgan fingerprint density at radius 3 is 2.74 bits per heavy atom. The Hall–Kier alpha value is -4.06. The number of fused-ring (bicyclic) bond motifs is 6. The number of piperidine rings is 1. The number of aromatic amines is 1. The van der Waals surface area contributed by atoms with Gasteiger partial charge in [-0.25, -0.2) is 13.4 Å². The van der Waals surface area contributed by atoms with Crippen LogP contribution in [0.4, 0.5) is 20.7 Å². The highest BCUT2D eigenvalue weighted by molar-refractivity contribution is 7.88. The maximum atomic E-state index is 15.2. The quantitative estimate of drug-likeness (QED) is 0.302. The van der Waals surface area contributed by atoms with Gasteiger partial charge in [-0.15, -0.1) is 0 Å². The van der Waals surface area contributed by atoms with Crippen LogP contribution in [0.1, 0.15) is 46.2 Å². The van der Waals surface area contributed by atoms with Crippen LogP contribution in [0.25, 0.3) is 28.0 Å². The van der Waals surface area contributed by atoms with Gasteiger partial charge in [-0.2, -0.15) is 9.97 Å². The Morgan fingerprint density at radius 1 is 1.21 bits per heavy atom. The zero-order valence-corrected chi connectivity index (χ0v) is 24.8. The van der Waals surface area contributed by atoms with E-state index >= 15 is 4.39 Å². The van der Waals surface area contributed by atoms with Gasteiger partial charge in [0.15, 0.2) is 5.75 Å². The number of anilines is 2. The van der Waals surface area contributed by atoms with Crippen LogP contribution in [0.3, 0.4) is 0 Å². The van der Waals surface area contributed by atoms with Crippen LogP contribution in [-0.2, 0) is 15.5 Å². The number of amides is 1. The zero-order chi connectivity index (χ0) is 29.5. The van der Waals surface area contributed by atoms with E-state index in [0.717, 1.165) is 19.4 Å². The van der Waals surface area contributed by atoms with Gasteiger partial charge in [0.05, 0.1) is 44.2 Å². The Kier molecular flexibility index (Phi) is 6.05. The summed E-state index contributed by atoms with van der Waals surface area (Å²) < 4.78 is 39.2. The molecule has 2 aliphatic heterocycles. The molecule has 5 heterocycles. The van der Waals surface area contributed by atoms with E-state index in [1.165, 1.54) is 17.0 Å². The zero-order valence-electron chi connectivity index (χ0n) is 24.0. The molecule has 1 amide bonds. The van der Waals surface area contributed by atoms with Gasteiger partial charge in [0.2, 0.25) is 0 Å². The minimum absolute atomic E-state index is 0.0842. The van der Waals surface area contributed by atoms with Gasteiger partial charge in [0.1, 0.15) is 22.9 Å². The average molecular weight is 591 g/mol. The summed E-state index contributed by atoms with van der Waals surface area (Å²) in [5, 5.41) is 2.81. The largest absolute Gasteiger partial charge is 0.443 e. The molecule has 3 aromatic heterocycles. The number of halogens is 1. The van der Waals surface area contributed by atoms with Crippen molar-refractivity contribution in [3.63, 3.8) is 0 Å². The molecule has 1 saturated carbocycles. The van der Waals surface area contributed by atoms with Crippen LogP contribution < -0.4 is 14.5 Å². The number of carbonyl (C=O) groups excluding carboxylic acids is 1. The third-order valence-corrected chi connectivity index (χ3v) is 9.44. The SMILES string of the molecule is C[C@H]1C[C@@H]2C[C@H]1CN2c1nc(Oc2cnc3c(c2)S(=O)C=C3)nc2[nH]c3c(N(C)C(=O)OC(C)(C)C)cc(F)cc3c12. The predicted molar refractivity (Wildman–Crippen MR) is 159 cm³/mol. The maximum absolute atomic E-state index is 15.2. The number of nitrogens with zero attached hydrogens (tertiary/aromatic N) is 5. The molecule has 218 valence electrons. The van der Waals surface area contributed by atoms with Crippen molar-refractivity contribution < 1.29 is 22.9 Å². The molecule has 1 aliphatic carbocycles. The first kappa shape index (κ1) is 26.8. The molecular formula is C30H31FN6O4S. The predicted octanol–water partition coefficient (Wildman–Crippen LogP) is 6.14. The second-order valence-corrected chi connectivity index (χ2v) is 13.6. The second kappa shape index (κ2) is 9.48. The molecular weight excluding hydrogens is 559 g/mol. The standard InChI is InChI=1S/C30H31FN6O4S/c1-15-8-18-9-16(15)14-37(18)27-24-20-10-17(31)11-22(36(5)29(38)41-30(2,3)4)25(20)33-26(24)34-28(35-27)40-19-12-23-21(32-13-19)6-7-42(23)39/h6-7,10-13,15-16,18H,8-9,14H2,1-5H3,(H,33,34,35)/t15-,16-,18+,42?/m0/s1. The molecule has 1 saturated heterocycles. The van der Waals surface area contributed by atoms with E-state index in [0.29, 0.717) is 67.7 Å². The summed E-state index contributed by atoms with van der Waals surface area (Å²) in [6, 6.07) is 4.81. The van der Waals surface area contributed by atoms with Crippen molar-refractivity contribution in [2.75, 3.05) is 23.4 Å². The average Bonchev–Trinajstić information content (AvgIpc) is 3.69. The Labute approximate surface area is 244 Å². The third-order valence-electron chi connectivity index (χ3n) is 8.29. The fourth-order valence-electron chi connectivity index (χ4n) is 6.31. The van der Waals surface area contributed by atoms with Crippen molar-refractivity contribution in [3.05, 3.63) is 41.3 Å². The summed E-state index contributed by atoms with van der Waals surface area (Å²) in [7, 11) is 0.265. The number of hydrogen-bond acceptors (Lipinski definition) is 8. The normalized spacial score (nSPS) is 22.8. The highest BCUT2D eigenvalue weighted by Crippen LogP contribution is 2.47. The second-order valence-electron chi connectivity index (χ2n) is 12.3. The van der Waals surface area contributed by atoms with Gasteiger partial charge in [-0.05, 0) is 63.7 Å². The van der Waals surface area contributed by atoms with Crippen LogP contribution in [-0.4, -0.2) is 55.5 Å². The molecule has 10 nitrogen and oxygen atoms in total. The van der Waals surface area contributed by atoms with Crippen LogP contribution in [0, 0.1) is 17.7 Å². The lowest BCUT2D eigenvalue weighted by Crippen LogP contribution is -2.35. The number of carbonyl (C=O) groups is 1. The van der Waals surface area contributed by atoms with E-state index in [9.17, 15) is 9.00 Å². The summed E-state index contributed by atoms with van der Waals surface area (Å²) in [5.74, 6) is 1.68. The molecule has 1 unspecified atom stereocenters. The molecule has 12 heteroatoms. The van der Waals surface area contributed by atoms with E-state index in [2.05, 4.69) is 26.8 Å². The van der Waals surface area contributed by atoms with Crippen LogP contribution in [0.2, 0.25) is 0 Å². The van der Waals surface area contributed by atoms with E-state index in [1.807, 2.05) is 0 Å². The van der Waals surface area contributed by atoms with Crippen molar-refractivity contribution >= 4 is 56.4 Å². The van der Waals surface area contributed by atoms with Crippen molar-refractivity contribution in [2.45, 2.75) is 57.1 Å². The van der Waals surface area contributed by atoms with E-state index in [1.54, 1.807) is 51.6 Å². The molecule has 0 radical (unpaired) electrons. The Bertz CT molecular complexity index is 1830. The summed E-state index contributed by atoms with van der Waals surface area (Å²) in [6.45, 7) is 8.45. The number of aromatic nitrogens is 4. The number of H-pyrrole nitrogens is 1. The molecule has 42 heavy (non-hydrogen) atoms. The van der Waals surface area contributed by atoms with Crippen LogP contribution in [0.5, 0.6) is 11.8 Å². The van der Waals surface area contributed by atoms with Crippen LogP contribution >= 0.6 is 0 Å². The van der Waals surface area contributed by atoms with Gasteiger partial charge in [0, 0.05) is 36.5 Å². The topological polar surface area (TPSA) is 114 Å². The fourth-order valence-corrected chi connectivity index (χ4v) is 7.27. The first-order valence-corrected chi connectivity index (χ1v) is 15.2. The number of rotatable bonds is 4. The van der Waals surface area contributed by atoms with Crippen molar-refractivity contribution in [1.29, 1.82) is 0 Å². The van der Waals surface area contributed by atoms with Gasteiger partial charge in [-0.1, -0.05) is 6.92 Å². The Balaban J connectivity index is 1.37. The number of hydrogen-bond donors (Lipinski definition) is 1. The van der Waals surface area contributed by atoms with E-state index < -0.39 is 28.3 Å². The van der Waals surface area contributed by atoms with Crippen LogP contribution in [0.15, 0.2) is 34.7 Å². The van der Waals surface area contributed by atoms with E-state index in [-0.39, 0.29) is 6.01 Å². The summed E-state index contributed by atoms with van der Waals surface area (Å²) in [4.78, 5) is 34.3. The van der Waals surface area contributed by atoms with Gasteiger partial charge < -0.3 is 19.4 Å². The fraction of sp³-hybridized carbons (Fsp3) is 0.400. The minimum atomic E-state index is -1.29. The molecule has 0 spiro atoms. The summed E-state index contributed by atoms with van der Waals surface area (Å²) in [6.07, 6.45) is 4.77. The van der Waals surface area contributed by atoms with Gasteiger partial charge in [0.25, 0.3) is 0 Å². The lowest BCUT2D eigenvalue weighted by atomic mass is 9.97. The molecule has 2 fully saturated rings. The molecule has 3 aliphatic rings. The molecule has 1 aromatic carbocycles. The molecule has 4 atom stereocenters. The first-order valence-electron chi connectivity index (χ1n) is 14.0. The van der Waals surface area contributed by atoms with Crippen molar-refractivity contribution in [3.8, 4) is 11.8 Å². The summed E-state index contributed by atoms with van der Waals surface area (Å²) >= 11 is 0. The molecule has 2 bridgehead atoms. The van der Waals surface area contributed by atoms with Gasteiger partial charge in [-0.3, -0.25) is 9.88 Å². The molecule has 7 rings (SSSR count). The summed E-state index contributed by atoms with van der Waals surface area (Å²) in [5.41, 5.74) is 1.22. The van der Waals surface area contributed by atoms with Crippen molar-refractivity contribution in [2.24, 2.45) is 11.8 Å². The number of ether oxygens (including phenoxy) is 2. The monoisotopic (exact) mass is 590 g/mol. The smallest absolute Gasteiger partial charge is 0.414 e. The lowest BCUT2D eigenvalue weighted by Gasteiger charge is -2.31. The van der Waals surface area contributed by atoms with Gasteiger partial charge >= 0.3 is 12.1 Å². The maximum Gasteiger partial charge on any atom is 0.414 e. The third kappa shape index (κ3) is 4.48. The highest BCUT2D eigenvalue weighted by atomic mass is 32.2. The molecule has 1 N–H and O–H groups in total. The number of pyridine rings is 1.